The summed E-state index contributed by atoms with van der Waals surface area (Å²) in [4.78, 5) is 34.3. The van der Waals surface area contributed by atoms with Crippen molar-refractivity contribution in [2.75, 3.05) is 38.5 Å². The number of nitrogens with one attached hydrogen (secondary N) is 1. The molecule has 184 valence electrons. The number of piperazine rings is 1. The third-order valence-corrected chi connectivity index (χ3v) is 7.34. The normalized spacial score (nSPS) is 21.3. The van der Waals surface area contributed by atoms with E-state index in [0.29, 0.717) is 29.4 Å². The number of likely N-dealkylation sites (N-methyl/N-ethyl adjacent to an activating group) is 1. The van der Waals surface area contributed by atoms with E-state index in [1.165, 1.54) is 12.3 Å². The Morgan fingerprint density at radius 2 is 1.66 bits per heavy atom. The number of nitrogens with zero attached hydrogens (tertiary/aromatic N) is 5. The second-order valence-electron chi connectivity index (χ2n) is 9.82. The molecule has 3 aromatic rings. The highest BCUT2D eigenvalue weighted by atomic mass is 19.1. The van der Waals surface area contributed by atoms with Gasteiger partial charge in [-0.3, -0.25) is 14.3 Å². The van der Waals surface area contributed by atoms with Crippen LogP contribution in [0.15, 0.2) is 36.8 Å². The van der Waals surface area contributed by atoms with E-state index in [2.05, 4.69) is 27.3 Å². The van der Waals surface area contributed by atoms with E-state index in [-0.39, 0.29) is 29.5 Å². The molecule has 2 amide bonds. The highest BCUT2D eigenvalue weighted by Gasteiger charge is 2.33. The van der Waals surface area contributed by atoms with Crippen LogP contribution in [0.4, 0.5) is 10.2 Å². The molecule has 35 heavy (non-hydrogen) atoms. The number of amides is 2. The highest BCUT2D eigenvalue weighted by Crippen LogP contribution is 2.32. The molecule has 5 rings (SSSR count). The topological polar surface area (TPSA) is 83.4 Å². The van der Waals surface area contributed by atoms with Gasteiger partial charge < -0.3 is 15.1 Å². The highest BCUT2D eigenvalue weighted by molar-refractivity contribution is 5.95. The zero-order chi connectivity index (χ0) is 24.5. The van der Waals surface area contributed by atoms with Crippen molar-refractivity contribution in [3.05, 3.63) is 42.6 Å². The third-order valence-electron chi connectivity index (χ3n) is 7.34. The standard InChI is InChI=1S/C26H31FN6O2/c1-31-7-9-33(10-8-31)26(35)18-5-3-17(4-6-18)25(34)30-24-13-20-11-19(21-14-29-32(2)16-21)12-23(27)22(20)15-28-24/h11-18H,3-10H2,1-2H3,(H,28,30,34). The average molecular weight is 479 g/mol. The van der Waals surface area contributed by atoms with E-state index in [0.717, 1.165) is 50.1 Å². The van der Waals surface area contributed by atoms with E-state index < -0.39 is 0 Å². The van der Waals surface area contributed by atoms with E-state index in [1.54, 1.807) is 16.9 Å². The first-order valence-electron chi connectivity index (χ1n) is 12.2. The number of rotatable bonds is 4. The van der Waals surface area contributed by atoms with Crippen molar-refractivity contribution in [1.29, 1.82) is 0 Å². The first-order chi connectivity index (χ1) is 16.9. The van der Waals surface area contributed by atoms with Crippen LogP contribution in [0.2, 0.25) is 0 Å². The molecule has 3 heterocycles. The molecule has 0 atom stereocenters. The summed E-state index contributed by atoms with van der Waals surface area (Å²) >= 11 is 0. The molecule has 1 aliphatic carbocycles. The number of halogens is 1. The number of carbonyl (C=O) groups is 2. The number of pyridine rings is 1. The molecule has 2 fully saturated rings. The summed E-state index contributed by atoms with van der Waals surface area (Å²) in [5.74, 6) is 0.0411. The fraction of sp³-hybridized carbons (Fsp3) is 0.462. The first kappa shape index (κ1) is 23.4. The van der Waals surface area contributed by atoms with Crippen molar-refractivity contribution in [3.63, 3.8) is 0 Å². The summed E-state index contributed by atoms with van der Waals surface area (Å²) in [5, 5.41) is 8.13. The molecule has 1 N–H and O–H groups in total. The zero-order valence-corrected chi connectivity index (χ0v) is 20.2. The predicted octanol–water partition coefficient (Wildman–Crippen LogP) is 3.29. The molecule has 1 aliphatic heterocycles. The lowest BCUT2D eigenvalue weighted by Crippen LogP contribution is -2.49. The molecule has 0 bridgehead atoms. The Balaban J connectivity index is 1.22. The number of hydrogen-bond acceptors (Lipinski definition) is 5. The van der Waals surface area contributed by atoms with Gasteiger partial charge in [0.1, 0.15) is 11.6 Å². The van der Waals surface area contributed by atoms with Crippen LogP contribution in [-0.4, -0.2) is 69.6 Å². The molecule has 1 saturated heterocycles. The summed E-state index contributed by atoms with van der Waals surface area (Å²) < 4.78 is 16.4. The molecule has 8 nitrogen and oxygen atoms in total. The van der Waals surface area contributed by atoms with Gasteiger partial charge >= 0.3 is 0 Å². The van der Waals surface area contributed by atoms with Gasteiger partial charge in [0.05, 0.1) is 6.20 Å². The molecular weight excluding hydrogens is 447 g/mol. The molecule has 2 aliphatic rings. The van der Waals surface area contributed by atoms with Gasteiger partial charge in [-0.05, 0) is 61.9 Å². The number of benzene rings is 1. The molecule has 0 unspecified atom stereocenters. The van der Waals surface area contributed by atoms with Gasteiger partial charge in [-0.1, -0.05) is 0 Å². The SMILES string of the molecule is CN1CCN(C(=O)C2CCC(C(=O)Nc3cc4cc(-c5cnn(C)c5)cc(F)c4cn3)CC2)CC1. The van der Waals surface area contributed by atoms with Gasteiger partial charge in [-0.15, -0.1) is 0 Å². The first-order valence-corrected chi connectivity index (χ1v) is 12.2. The number of anilines is 1. The van der Waals surface area contributed by atoms with Gasteiger partial charge in [0.25, 0.3) is 0 Å². The second kappa shape index (κ2) is 9.73. The van der Waals surface area contributed by atoms with Gasteiger partial charge in [0.15, 0.2) is 0 Å². The second-order valence-corrected chi connectivity index (χ2v) is 9.82. The van der Waals surface area contributed by atoms with Crippen molar-refractivity contribution >= 4 is 28.4 Å². The van der Waals surface area contributed by atoms with Crippen LogP contribution in [0.1, 0.15) is 25.7 Å². The Labute approximate surface area is 204 Å². The maximum Gasteiger partial charge on any atom is 0.228 e. The van der Waals surface area contributed by atoms with E-state index in [1.807, 2.05) is 24.2 Å². The molecule has 2 aromatic heterocycles. The summed E-state index contributed by atoms with van der Waals surface area (Å²) in [5.41, 5.74) is 1.54. The molecule has 0 radical (unpaired) electrons. The quantitative estimate of drug-likeness (QED) is 0.622. The van der Waals surface area contributed by atoms with Crippen LogP contribution in [0, 0.1) is 17.7 Å². The molecular formula is C26H31FN6O2. The van der Waals surface area contributed by atoms with Crippen LogP contribution in [0.3, 0.4) is 0 Å². The lowest BCUT2D eigenvalue weighted by molar-refractivity contribution is -0.139. The van der Waals surface area contributed by atoms with Crippen molar-refractivity contribution in [2.24, 2.45) is 18.9 Å². The smallest absolute Gasteiger partial charge is 0.228 e. The Morgan fingerprint density at radius 1 is 0.943 bits per heavy atom. The Morgan fingerprint density at radius 3 is 2.34 bits per heavy atom. The Hall–Kier alpha value is -3.33. The summed E-state index contributed by atoms with van der Waals surface area (Å²) in [6, 6.07) is 5.06. The van der Waals surface area contributed by atoms with Gasteiger partial charge in [0, 0.05) is 68.4 Å². The maximum atomic E-state index is 14.7. The van der Waals surface area contributed by atoms with E-state index in [9.17, 15) is 14.0 Å². The number of carbonyl (C=O) groups excluding carboxylic acids is 2. The summed E-state index contributed by atoms with van der Waals surface area (Å²) in [6.07, 6.45) is 7.80. The van der Waals surface area contributed by atoms with Gasteiger partial charge in [-0.2, -0.15) is 5.10 Å². The van der Waals surface area contributed by atoms with Crippen LogP contribution in [0.25, 0.3) is 21.9 Å². The van der Waals surface area contributed by atoms with Crippen molar-refractivity contribution in [1.82, 2.24) is 24.6 Å². The fourth-order valence-electron chi connectivity index (χ4n) is 5.13. The zero-order valence-electron chi connectivity index (χ0n) is 20.2. The summed E-state index contributed by atoms with van der Waals surface area (Å²) in [6.45, 7) is 3.39. The van der Waals surface area contributed by atoms with Crippen LogP contribution < -0.4 is 5.32 Å². The summed E-state index contributed by atoms with van der Waals surface area (Å²) in [7, 11) is 3.89. The van der Waals surface area contributed by atoms with Crippen LogP contribution >= 0.6 is 0 Å². The minimum absolute atomic E-state index is 0.00937. The minimum atomic E-state index is -0.366. The van der Waals surface area contributed by atoms with Gasteiger partial charge in [0.2, 0.25) is 11.8 Å². The van der Waals surface area contributed by atoms with Crippen LogP contribution in [0.5, 0.6) is 0 Å². The lowest BCUT2D eigenvalue weighted by Gasteiger charge is -2.36. The molecule has 9 heteroatoms. The fourth-order valence-corrected chi connectivity index (χ4v) is 5.13. The molecule has 1 aromatic carbocycles. The van der Waals surface area contributed by atoms with Gasteiger partial charge in [-0.25, -0.2) is 9.37 Å². The van der Waals surface area contributed by atoms with Crippen LogP contribution in [-0.2, 0) is 16.6 Å². The molecule has 0 spiro atoms. The van der Waals surface area contributed by atoms with E-state index in [4.69, 9.17) is 0 Å². The number of fused-ring (bicyclic) bond motifs is 1. The van der Waals surface area contributed by atoms with Crippen molar-refractivity contribution in [3.8, 4) is 11.1 Å². The minimum Gasteiger partial charge on any atom is -0.340 e. The Kier molecular flexibility index (Phi) is 6.51. The largest absolute Gasteiger partial charge is 0.340 e. The number of hydrogen-bond donors (Lipinski definition) is 1. The number of aryl methyl sites for hydroxylation is 1. The van der Waals surface area contributed by atoms with Crippen molar-refractivity contribution in [2.45, 2.75) is 25.7 Å². The maximum absolute atomic E-state index is 14.7. The number of aromatic nitrogens is 3. The predicted molar refractivity (Wildman–Crippen MR) is 132 cm³/mol. The Bertz CT molecular complexity index is 1240. The average Bonchev–Trinajstić information content (AvgIpc) is 3.30. The third kappa shape index (κ3) is 5.05. The van der Waals surface area contributed by atoms with E-state index >= 15 is 0 Å². The monoisotopic (exact) mass is 478 g/mol. The van der Waals surface area contributed by atoms with Crippen molar-refractivity contribution < 1.29 is 14.0 Å². The molecule has 1 saturated carbocycles. The lowest BCUT2D eigenvalue weighted by atomic mass is 9.81.